The van der Waals surface area contributed by atoms with Gasteiger partial charge in [0, 0.05) is 0 Å². The van der Waals surface area contributed by atoms with Crippen LogP contribution in [0.4, 0.5) is 18.9 Å². The maximum Gasteiger partial charge on any atom is 0.433 e. The largest absolute Gasteiger partial charge is 0.480 e. The molecule has 4 nitrogen and oxygen atoms in total. The first-order valence-corrected chi connectivity index (χ1v) is 3.88. The van der Waals surface area contributed by atoms with Crippen LogP contribution in [0.3, 0.4) is 0 Å². The molecule has 0 aliphatic rings. The van der Waals surface area contributed by atoms with E-state index < -0.39 is 17.8 Å². The predicted octanol–water partition coefficient (Wildman–Crippen LogP) is 1.60. The highest BCUT2D eigenvalue weighted by Crippen LogP contribution is 2.27. The molecular formula is C8H7F3N2O2. The molecule has 1 rings (SSSR count). The van der Waals surface area contributed by atoms with Gasteiger partial charge in [-0.15, -0.1) is 0 Å². The molecule has 0 bridgehead atoms. The third-order valence-electron chi connectivity index (χ3n) is 1.50. The van der Waals surface area contributed by atoms with Crippen LogP contribution < -0.4 is 5.32 Å². The van der Waals surface area contributed by atoms with Gasteiger partial charge < -0.3 is 10.4 Å². The number of nitrogens with zero attached hydrogens (tertiary/aromatic N) is 1. The molecule has 2 N–H and O–H groups in total. The summed E-state index contributed by atoms with van der Waals surface area (Å²) < 4.78 is 36.2. The Bertz CT molecular complexity index is 348. The second-order valence-electron chi connectivity index (χ2n) is 2.68. The van der Waals surface area contributed by atoms with Gasteiger partial charge in [0.2, 0.25) is 0 Å². The molecule has 1 aromatic rings. The van der Waals surface area contributed by atoms with Gasteiger partial charge in [0.25, 0.3) is 0 Å². The highest BCUT2D eigenvalue weighted by Gasteiger charge is 2.31. The minimum Gasteiger partial charge on any atom is -0.480 e. The number of halogens is 3. The molecule has 15 heavy (non-hydrogen) atoms. The number of rotatable bonds is 3. The molecule has 0 fully saturated rings. The Kier molecular flexibility index (Phi) is 3.13. The zero-order valence-electron chi connectivity index (χ0n) is 7.38. The van der Waals surface area contributed by atoms with Crippen LogP contribution in [0.1, 0.15) is 5.69 Å². The minimum atomic E-state index is -4.48. The van der Waals surface area contributed by atoms with Gasteiger partial charge in [0.15, 0.2) is 0 Å². The molecule has 0 saturated heterocycles. The van der Waals surface area contributed by atoms with Gasteiger partial charge in [-0.3, -0.25) is 4.79 Å². The summed E-state index contributed by atoms with van der Waals surface area (Å²) in [4.78, 5) is 13.3. The first-order chi connectivity index (χ1) is 6.89. The third kappa shape index (κ3) is 3.45. The van der Waals surface area contributed by atoms with Crippen LogP contribution in [-0.2, 0) is 11.0 Å². The van der Waals surface area contributed by atoms with Crippen molar-refractivity contribution in [3.63, 3.8) is 0 Å². The number of carboxylic acid groups (broad SMARTS) is 1. The summed E-state index contributed by atoms with van der Waals surface area (Å²) in [5.41, 5.74) is -0.784. The Morgan fingerprint density at radius 2 is 2.13 bits per heavy atom. The molecule has 0 radical (unpaired) electrons. The van der Waals surface area contributed by atoms with Crippen molar-refractivity contribution < 1.29 is 23.1 Å². The molecule has 0 atom stereocenters. The summed E-state index contributed by atoms with van der Waals surface area (Å²) >= 11 is 0. The highest BCUT2D eigenvalue weighted by atomic mass is 19.4. The third-order valence-corrected chi connectivity index (χ3v) is 1.50. The SMILES string of the molecule is O=C(O)CNc1ccc(C(F)(F)F)nc1. The molecular weight excluding hydrogens is 213 g/mol. The number of carbonyl (C=O) groups is 1. The fourth-order valence-corrected chi connectivity index (χ4v) is 0.844. The van der Waals surface area contributed by atoms with Crippen LogP contribution in [-0.4, -0.2) is 22.6 Å². The van der Waals surface area contributed by atoms with E-state index in [1.807, 2.05) is 0 Å². The van der Waals surface area contributed by atoms with E-state index in [0.717, 1.165) is 18.3 Å². The first-order valence-electron chi connectivity index (χ1n) is 3.88. The van der Waals surface area contributed by atoms with Crippen LogP contribution in [0.25, 0.3) is 0 Å². The minimum absolute atomic E-state index is 0.227. The maximum absolute atomic E-state index is 12.1. The number of carboxylic acids is 1. The second kappa shape index (κ2) is 4.16. The van der Waals surface area contributed by atoms with E-state index in [4.69, 9.17) is 5.11 Å². The van der Waals surface area contributed by atoms with Crippen molar-refractivity contribution in [2.24, 2.45) is 0 Å². The molecule has 0 unspecified atom stereocenters. The zero-order valence-corrected chi connectivity index (χ0v) is 7.38. The van der Waals surface area contributed by atoms with E-state index in [2.05, 4.69) is 10.3 Å². The van der Waals surface area contributed by atoms with Crippen LogP contribution in [0.15, 0.2) is 18.3 Å². The lowest BCUT2D eigenvalue weighted by molar-refractivity contribution is -0.141. The molecule has 82 valence electrons. The lowest BCUT2D eigenvalue weighted by Gasteiger charge is -2.06. The van der Waals surface area contributed by atoms with Gasteiger partial charge in [-0.2, -0.15) is 13.2 Å². The van der Waals surface area contributed by atoms with E-state index in [0.29, 0.717) is 0 Å². The van der Waals surface area contributed by atoms with Gasteiger partial charge in [-0.1, -0.05) is 0 Å². The number of anilines is 1. The van der Waals surface area contributed by atoms with Crippen LogP contribution in [0.5, 0.6) is 0 Å². The average molecular weight is 220 g/mol. The standard InChI is InChI=1S/C8H7F3N2O2/c9-8(10,11)6-2-1-5(3-13-6)12-4-7(14)15/h1-3,12H,4H2,(H,14,15). The Morgan fingerprint density at radius 1 is 1.47 bits per heavy atom. The summed E-state index contributed by atoms with van der Waals surface area (Å²) in [6.07, 6.45) is -3.54. The average Bonchev–Trinajstić information content (AvgIpc) is 2.14. The van der Waals surface area contributed by atoms with E-state index in [-0.39, 0.29) is 12.2 Å². The quantitative estimate of drug-likeness (QED) is 0.812. The Labute approximate surface area is 82.7 Å². The molecule has 0 amide bonds. The lowest BCUT2D eigenvalue weighted by Crippen LogP contribution is -2.13. The molecule has 1 aromatic heterocycles. The normalized spacial score (nSPS) is 11.1. The van der Waals surface area contributed by atoms with Crippen molar-refractivity contribution in [3.8, 4) is 0 Å². The summed E-state index contributed by atoms with van der Waals surface area (Å²) in [7, 11) is 0. The van der Waals surface area contributed by atoms with Crippen molar-refractivity contribution in [1.82, 2.24) is 4.98 Å². The topological polar surface area (TPSA) is 62.2 Å². The van der Waals surface area contributed by atoms with Gasteiger partial charge in [-0.05, 0) is 12.1 Å². The second-order valence-corrected chi connectivity index (χ2v) is 2.68. The summed E-state index contributed by atoms with van der Waals surface area (Å²) in [6.45, 7) is -0.368. The van der Waals surface area contributed by atoms with Crippen molar-refractivity contribution in [3.05, 3.63) is 24.0 Å². The van der Waals surface area contributed by atoms with Crippen LogP contribution in [0.2, 0.25) is 0 Å². The Morgan fingerprint density at radius 3 is 2.53 bits per heavy atom. The molecule has 0 aliphatic heterocycles. The smallest absolute Gasteiger partial charge is 0.433 e. The van der Waals surface area contributed by atoms with Crippen LogP contribution in [0, 0.1) is 0 Å². The first kappa shape index (κ1) is 11.3. The number of hydrogen-bond donors (Lipinski definition) is 2. The summed E-state index contributed by atoms with van der Waals surface area (Å²) in [5.74, 6) is -1.10. The number of aliphatic carboxylic acids is 1. The molecule has 7 heteroatoms. The van der Waals surface area contributed by atoms with Gasteiger partial charge in [0.05, 0.1) is 11.9 Å². The number of hydrogen-bond acceptors (Lipinski definition) is 3. The lowest BCUT2D eigenvalue weighted by atomic mass is 10.3. The van der Waals surface area contributed by atoms with Crippen molar-refractivity contribution in [2.75, 3.05) is 11.9 Å². The molecule has 1 heterocycles. The maximum atomic E-state index is 12.1. The monoisotopic (exact) mass is 220 g/mol. The van der Waals surface area contributed by atoms with Crippen molar-refractivity contribution in [2.45, 2.75) is 6.18 Å². The van der Waals surface area contributed by atoms with Crippen molar-refractivity contribution in [1.29, 1.82) is 0 Å². The Balaban J connectivity index is 2.69. The van der Waals surface area contributed by atoms with Crippen molar-refractivity contribution >= 4 is 11.7 Å². The summed E-state index contributed by atoms with van der Waals surface area (Å²) in [6, 6.07) is 1.91. The summed E-state index contributed by atoms with van der Waals surface area (Å²) in [5, 5.41) is 10.7. The highest BCUT2D eigenvalue weighted by molar-refractivity contribution is 5.72. The van der Waals surface area contributed by atoms with E-state index in [9.17, 15) is 18.0 Å². The van der Waals surface area contributed by atoms with Gasteiger partial charge >= 0.3 is 12.1 Å². The fraction of sp³-hybridized carbons (Fsp3) is 0.250. The van der Waals surface area contributed by atoms with E-state index in [1.54, 1.807) is 0 Å². The number of aromatic nitrogens is 1. The zero-order chi connectivity index (χ0) is 11.5. The van der Waals surface area contributed by atoms with Gasteiger partial charge in [-0.25, -0.2) is 4.98 Å². The van der Waals surface area contributed by atoms with E-state index in [1.165, 1.54) is 0 Å². The molecule has 0 aliphatic carbocycles. The fourth-order valence-electron chi connectivity index (χ4n) is 0.844. The number of alkyl halides is 3. The molecule has 0 saturated carbocycles. The van der Waals surface area contributed by atoms with Crippen LogP contribution >= 0.6 is 0 Å². The van der Waals surface area contributed by atoms with Gasteiger partial charge in [0.1, 0.15) is 12.2 Å². The predicted molar refractivity (Wildman–Crippen MR) is 45.4 cm³/mol. The molecule has 0 aromatic carbocycles. The number of nitrogens with one attached hydrogen (secondary N) is 1. The van der Waals surface area contributed by atoms with E-state index >= 15 is 0 Å². The molecule has 0 spiro atoms. The number of pyridine rings is 1. The Hall–Kier alpha value is -1.79.